The average molecular weight is 717 g/mol. The van der Waals surface area contributed by atoms with Crippen LogP contribution in [0.15, 0.2) is 59.0 Å². The van der Waals surface area contributed by atoms with Crippen molar-refractivity contribution in [2.24, 2.45) is 10.8 Å². The Labute approximate surface area is 276 Å². The van der Waals surface area contributed by atoms with Gasteiger partial charge in [0.1, 0.15) is 23.0 Å². The number of azo groups is 2. The third kappa shape index (κ3) is 7.56. The topological polar surface area (TPSA) is 146 Å². The van der Waals surface area contributed by atoms with E-state index >= 15 is 0 Å². The highest BCUT2D eigenvalue weighted by Gasteiger charge is 2.64. The number of hydrogen-bond acceptors (Lipinski definition) is 7. The maximum atomic E-state index is 15.0. The molecule has 2 amide bonds. The SMILES string of the molecule is NC(=O)c1cc(-c2cnc(NCCO)nc2[C@H](Cc2cc(F)cc(F)c2)NC(=O)C[N+]2=NC(C(F)F)C3=C2C(F)(F)CCC3(F)F)ccc1F. The highest BCUT2D eigenvalue weighted by Crippen LogP contribution is 2.51. The van der Waals surface area contributed by atoms with E-state index in [2.05, 4.69) is 25.7 Å². The van der Waals surface area contributed by atoms with Gasteiger partial charge in [-0.15, -0.1) is 0 Å². The Morgan fingerprint density at radius 3 is 2.34 bits per heavy atom. The number of amides is 2. The van der Waals surface area contributed by atoms with Gasteiger partial charge in [0, 0.05) is 37.2 Å². The normalized spacial score (nSPS) is 18.5. The van der Waals surface area contributed by atoms with Gasteiger partial charge in [0.05, 0.1) is 23.9 Å². The number of rotatable bonds is 12. The first kappa shape index (κ1) is 36.2. The molecule has 19 heteroatoms. The molecule has 0 fully saturated rings. The lowest BCUT2D eigenvalue weighted by Crippen LogP contribution is -2.42. The van der Waals surface area contributed by atoms with Crippen LogP contribution in [0.1, 0.15) is 40.5 Å². The van der Waals surface area contributed by atoms with Gasteiger partial charge in [0.15, 0.2) is 0 Å². The van der Waals surface area contributed by atoms with Crippen LogP contribution in [0.25, 0.3) is 11.1 Å². The fraction of sp³-hybridized carbons (Fsp3) is 0.355. The number of carbonyl (C=O) groups is 2. The first-order chi connectivity index (χ1) is 23.5. The summed E-state index contributed by atoms with van der Waals surface area (Å²) in [7, 11) is 0. The number of nitrogens with two attached hydrogens (primary N) is 1. The zero-order valence-corrected chi connectivity index (χ0v) is 25.5. The predicted molar refractivity (Wildman–Crippen MR) is 156 cm³/mol. The van der Waals surface area contributed by atoms with E-state index in [1.54, 1.807) is 0 Å². The Morgan fingerprint density at radius 1 is 1.02 bits per heavy atom. The Bertz CT molecular complexity index is 1870. The quantitative estimate of drug-likeness (QED) is 0.155. The van der Waals surface area contributed by atoms with Crippen molar-refractivity contribution >= 4 is 17.8 Å². The molecule has 5 N–H and O–H groups in total. The number of primary amides is 1. The lowest BCUT2D eigenvalue weighted by atomic mass is 9.86. The molecule has 0 bridgehead atoms. The first-order valence-electron chi connectivity index (χ1n) is 14.8. The third-order valence-corrected chi connectivity index (χ3v) is 7.88. The van der Waals surface area contributed by atoms with Gasteiger partial charge in [0.2, 0.25) is 12.0 Å². The van der Waals surface area contributed by atoms with E-state index < -0.39 is 102 Å². The lowest BCUT2D eigenvalue weighted by molar-refractivity contribution is -0.549. The zero-order valence-electron chi connectivity index (χ0n) is 25.5. The molecule has 1 aliphatic heterocycles. The third-order valence-electron chi connectivity index (χ3n) is 7.88. The van der Waals surface area contributed by atoms with Gasteiger partial charge in [-0.1, -0.05) is 10.8 Å². The van der Waals surface area contributed by atoms with Gasteiger partial charge in [-0.3, -0.25) is 9.59 Å². The number of allylic oxidation sites excluding steroid dienone is 1. The van der Waals surface area contributed by atoms with Crippen LogP contribution >= 0.6 is 0 Å². The summed E-state index contributed by atoms with van der Waals surface area (Å²) in [6.45, 7) is -1.73. The van der Waals surface area contributed by atoms with Crippen molar-refractivity contribution in [2.45, 2.75) is 49.6 Å². The molecular formula is C31H27F9N7O3+. The monoisotopic (exact) mass is 716 g/mol. The van der Waals surface area contributed by atoms with Gasteiger partial charge in [-0.05, 0) is 46.9 Å². The molecule has 5 rings (SSSR count). The number of benzene rings is 2. The molecule has 266 valence electrons. The maximum Gasteiger partial charge on any atom is 0.332 e. The predicted octanol–water partition coefficient (Wildman–Crippen LogP) is 4.89. The van der Waals surface area contributed by atoms with E-state index in [4.69, 9.17) is 5.73 Å². The highest BCUT2D eigenvalue weighted by atomic mass is 19.3. The molecule has 3 aromatic rings. The molecule has 0 saturated carbocycles. The van der Waals surface area contributed by atoms with Crippen molar-refractivity contribution in [3.63, 3.8) is 0 Å². The number of aliphatic hydroxyl groups is 1. The molecular weight excluding hydrogens is 689 g/mol. The van der Waals surface area contributed by atoms with Gasteiger partial charge in [0.25, 0.3) is 36.4 Å². The number of carbonyl (C=O) groups excluding carboxylic acids is 2. The fourth-order valence-corrected chi connectivity index (χ4v) is 5.76. The van der Waals surface area contributed by atoms with E-state index in [9.17, 15) is 54.2 Å². The molecule has 10 nitrogen and oxygen atoms in total. The summed E-state index contributed by atoms with van der Waals surface area (Å²) in [5.41, 5.74) is 1.42. The van der Waals surface area contributed by atoms with Crippen LogP contribution in [-0.2, 0) is 11.2 Å². The van der Waals surface area contributed by atoms with Gasteiger partial charge in [-0.25, -0.2) is 40.7 Å². The minimum absolute atomic E-state index is 0.00343. The Kier molecular flexibility index (Phi) is 10.2. The minimum Gasteiger partial charge on any atom is -0.395 e. The number of halogens is 9. The van der Waals surface area contributed by atoms with Crippen molar-refractivity contribution in [3.8, 4) is 11.1 Å². The number of nitrogens with zero attached hydrogens (tertiary/aromatic N) is 4. The number of hydrogen-bond donors (Lipinski definition) is 4. The maximum absolute atomic E-state index is 15.0. The summed E-state index contributed by atoms with van der Waals surface area (Å²) in [6.07, 6.45) is -5.76. The summed E-state index contributed by atoms with van der Waals surface area (Å²) in [5.74, 6) is -13.7. The summed E-state index contributed by atoms with van der Waals surface area (Å²) in [4.78, 5) is 33.8. The Morgan fingerprint density at radius 2 is 1.70 bits per heavy atom. The first-order valence-corrected chi connectivity index (χ1v) is 14.8. The Hall–Kier alpha value is -5.07. The molecule has 0 radical (unpaired) electrons. The van der Waals surface area contributed by atoms with Crippen LogP contribution < -0.4 is 16.4 Å². The minimum atomic E-state index is -4.07. The molecule has 2 aliphatic rings. The summed E-state index contributed by atoms with van der Waals surface area (Å²) in [6, 6.07) is 1.36. The van der Waals surface area contributed by atoms with Crippen LogP contribution in [0.2, 0.25) is 0 Å². The summed E-state index contributed by atoms with van der Waals surface area (Å²) in [5, 5.41) is 17.7. The van der Waals surface area contributed by atoms with Crippen LogP contribution in [0.5, 0.6) is 0 Å². The van der Waals surface area contributed by atoms with Crippen LogP contribution in [0, 0.1) is 17.5 Å². The number of aromatic nitrogens is 2. The Balaban J connectivity index is 1.60. The second-order valence-corrected chi connectivity index (χ2v) is 11.4. The van der Waals surface area contributed by atoms with E-state index in [0.29, 0.717) is 6.07 Å². The molecule has 1 aromatic heterocycles. The number of anilines is 1. The van der Waals surface area contributed by atoms with Crippen LogP contribution in [0.4, 0.5) is 45.5 Å². The molecule has 2 aromatic carbocycles. The number of aliphatic hydroxyl groups excluding tert-OH is 1. The van der Waals surface area contributed by atoms with E-state index in [0.717, 1.165) is 30.5 Å². The molecule has 0 spiro atoms. The molecule has 2 heterocycles. The smallest absolute Gasteiger partial charge is 0.332 e. The van der Waals surface area contributed by atoms with Crippen LogP contribution in [0.3, 0.4) is 0 Å². The highest BCUT2D eigenvalue weighted by molar-refractivity contribution is 5.94. The number of alkyl halides is 6. The lowest BCUT2D eigenvalue weighted by Gasteiger charge is -2.27. The van der Waals surface area contributed by atoms with Gasteiger partial charge >= 0.3 is 5.92 Å². The molecule has 1 unspecified atom stereocenters. The van der Waals surface area contributed by atoms with Gasteiger partial charge in [-0.2, -0.15) is 8.78 Å². The molecule has 50 heavy (non-hydrogen) atoms. The van der Waals surface area contributed by atoms with Crippen molar-refractivity contribution in [3.05, 3.63) is 88.1 Å². The summed E-state index contributed by atoms with van der Waals surface area (Å²) < 4.78 is 130. The van der Waals surface area contributed by atoms with E-state index in [-0.39, 0.29) is 46.2 Å². The summed E-state index contributed by atoms with van der Waals surface area (Å²) >= 11 is 0. The van der Waals surface area contributed by atoms with Crippen molar-refractivity contribution in [1.29, 1.82) is 0 Å². The largest absolute Gasteiger partial charge is 0.395 e. The number of nitrogens with one attached hydrogen (secondary N) is 2. The van der Waals surface area contributed by atoms with Gasteiger partial charge < -0.3 is 21.5 Å². The zero-order chi connectivity index (χ0) is 36.5. The molecule has 2 atom stereocenters. The second-order valence-electron chi connectivity index (χ2n) is 11.4. The standard InChI is InChI=1S/C31H26F9N7O3/c32-16-7-14(8-17(33)11-16)9-21(24-19(12-43-29(45-24)42-5-6-48)15-1-2-20(34)18(10-15)28(41)50)44-22(49)13-47-26-23(25(46-47)27(35)36)30(37,38)3-4-31(26,39)40/h1-2,7-8,10-12,21,25,27,48H,3-6,9,13H2,(H3-,41,42,43,44,45,49,50)/p+1/t21-,25?/m0/s1. The van der Waals surface area contributed by atoms with Crippen molar-refractivity contribution in [2.75, 3.05) is 25.0 Å². The molecule has 1 aliphatic carbocycles. The van der Waals surface area contributed by atoms with Crippen molar-refractivity contribution in [1.82, 2.24) is 15.3 Å². The fourth-order valence-electron chi connectivity index (χ4n) is 5.76. The van der Waals surface area contributed by atoms with E-state index in [1.807, 2.05) is 0 Å². The second kappa shape index (κ2) is 14.0. The van der Waals surface area contributed by atoms with Crippen LogP contribution in [-0.4, -0.2) is 75.6 Å². The van der Waals surface area contributed by atoms with E-state index in [1.165, 1.54) is 6.07 Å². The molecule has 0 saturated heterocycles. The average Bonchev–Trinajstić information content (AvgIpc) is 3.43. The van der Waals surface area contributed by atoms with Crippen molar-refractivity contribution < 1.29 is 58.9 Å².